The summed E-state index contributed by atoms with van der Waals surface area (Å²) in [5, 5.41) is 6.29. The fourth-order valence-electron chi connectivity index (χ4n) is 3.30. The van der Waals surface area contributed by atoms with Gasteiger partial charge >= 0.3 is 0 Å². The van der Waals surface area contributed by atoms with E-state index in [0.29, 0.717) is 23.2 Å². The molecule has 0 saturated carbocycles. The molecule has 0 radical (unpaired) electrons. The van der Waals surface area contributed by atoms with Crippen molar-refractivity contribution in [1.29, 1.82) is 0 Å². The molecule has 1 aliphatic rings. The minimum absolute atomic E-state index is 0.0613. The van der Waals surface area contributed by atoms with E-state index in [9.17, 15) is 9.59 Å². The van der Waals surface area contributed by atoms with Crippen molar-refractivity contribution >= 4 is 23.0 Å². The van der Waals surface area contributed by atoms with Gasteiger partial charge in [-0.1, -0.05) is 13.0 Å². The van der Waals surface area contributed by atoms with Crippen LogP contribution in [0.25, 0.3) is 16.5 Å². The zero-order chi connectivity index (χ0) is 18.3. The van der Waals surface area contributed by atoms with Gasteiger partial charge in [-0.05, 0) is 37.1 Å². The van der Waals surface area contributed by atoms with Crippen LogP contribution in [0.2, 0.25) is 0 Å². The molecule has 26 heavy (non-hydrogen) atoms. The third-order valence-corrected chi connectivity index (χ3v) is 5.84. The van der Waals surface area contributed by atoms with E-state index in [1.807, 2.05) is 29.3 Å². The molecule has 7 nitrogen and oxygen atoms in total. The van der Waals surface area contributed by atoms with Gasteiger partial charge in [0.25, 0.3) is 5.56 Å². The summed E-state index contributed by atoms with van der Waals surface area (Å²) in [5.74, 6) is 1.66. The Morgan fingerprint density at radius 3 is 2.81 bits per heavy atom. The quantitative estimate of drug-likeness (QED) is 0.707. The minimum atomic E-state index is -0.233. The van der Waals surface area contributed by atoms with Crippen LogP contribution in [0.5, 0.6) is 0 Å². The first-order valence-corrected chi connectivity index (χ1v) is 9.70. The lowest BCUT2D eigenvalue weighted by molar-refractivity contribution is -0.133. The summed E-state index contributed by atoms with van der Waals surface area (Å²) in [7, 11) is 0. The van der Waals surface area contributed by atoms with Gasteiger partial charge in [-0.15, -0.1) is 16.4 Å². The fourth-order valence-corrected chi connectivity index (χ4v) is 3.95. The lowest BCUT2D eigenvalue weighted by atomic mass is 9.99. The highest BCUT2D eigenvalue weighted by Gasteiger charge is 2.22. The summed E-state index contributed by atoms with van der Waals surface area (Å²) < 4.78 is 3.07. The van der Waals surface area contributed by atoms with Gasteiger partial charge in [0.2, 0.25) is 11.7 Å². The Kier molecular flexibility index (Phi) is 4.36. The summed E-state index contributed by atoms with van der Waals surface area (Å²) in [5.41, 5.74) is 0.481. The van der Waals surface area contributed by atoms with Gasteiger partial charge in [0, 0.05) is 24.8 Å². The molecule has 3 aromatic heterocycles. The van der Waals surface area contributed by atoms with Crippen molar-refractivity contribution in [2.75, 3.05) is 13.1 Å². The summed E-state index contributed by atoms with van der Waals surface area (Å²) >= 11 is 1.52. The van der Waals surface area contributed by atoms with E-state index >= 15 is 0 Å². The maximum atomic E-state index is 12.8. The molecular weight excluding hydrogens is 350 g/mol. The van der Waals surface area contributed by atoms with Gasteiger partial charge < -0.3 is 9.47 Å². The van der Waals surface area contributed by atoms with Gasteiger partial charge in [0.15, 0.2) is 5.82 Å². The Morgan fingerprint density at radius 2 is 2.12 bits per heavy atom. The number of thiophene rings is 1. The molecule has 0 unspecified atom stereocenters. The number of aryl methyl sites for hydroxylation is 1. The molecule has 0 N–H and O–H groups in total. The summed E-state index contributed by atoms with van der Waals surface area (Å²) in [6, 6.07) is 5.34. The predicted molar refractivity (Wildman–Crippen MR) is 100 cm³/mol. The molecule has 0 bridgehead atoms. The molecule has 0 spiro atoms. The van der Waals surface area contributed by atoms with Crippen molar-refractivity contribution in [2.45, 2.75) is 33.2 Å². The number of carbonyl (C=O) groups excluding carboxylic acids is 1. The topological polar surface area (TPSA) is 72.5 Å². The lowest BCUT2D eigenvalue weighted by Crippen LogP contribution is -2.40. The van der Waals surface area contributed by atoms with E-state index in [0.717, 1.165) is 30.8 Å². The van der Waals surface area contributed by atoms with Gasteiger partial charge in [0.1, 0.15) is 6.54 Å². The molecule has 4 heterocycles. The van der Waals surface area contributed by atoms with Crippen molar-refractivity contribution in [2.24, 2.45) is 5.92 Å². The lowest BCUT2D eigenvalue weighted by Gasteiger charge is -2.30. The molecule has 136 valence electrons. The Morgan fingerprint density at radius 1 is 1.35 bits per heavy atom. The number of amides is 1. The van der Waals surface area contributed by atoms with Crippen LogP contribution in [-0.4, -0.2) is 43.1 Å². The zero-order valence-electron chi connectivity index (χ0n) is 14.9. The molecule has 0 aliphatic carbocycles. The van der Waals surface area contributed by atoms with Gasteiger partial charge in [0.05, 0.1) is 4.88 Å². The van der Waals surface area contributed by atoms with E-state index < -0.39 is 0 Å². The average Bonchev–Trinajstić information content (AvgIpc) is 3.28. The number of carbonyl (C=O) groups is 1. The molecule has 1 fully saturated rings. The van der Waals surface area contributed by atoms with Crippen molar-refractivity contribution < 1.29 is 4.79 Å². The molecule has 1 saturated heterocycles. The summed E-state index contributed by atoms with van der Waals surface area (Å²) in [6.45, 7) is 5.81. The van der Waals surface area contributed by atoms with Crippen LogP contribution in [0, 0.1) is 12.8 Å². The average molecular weight is 371 g/mol. The van der Waals surface area contributed by atoms with Gasteiger partial charge in [-0.2, -0.15) is 9.50 Å². The maximum Gasteiger partial charge on any atom is 0.275 e. The van der Waals surface area contributed by atoms with Crippen LogP contribution < -0.4 is 5.56 Å². The number of hydrogen-bond donors (Lipinski definition) is 0. The number of rotatable bonds is 3. The second-order valence-electron chi connectivity index (χ2n) is 6.90. The first-order chi connectivity index (χ1) is 12.5. The van der Waals surface area contributed by atoms with E-state index in [-0.39, 0.29) is 18.0 Å². The fraction of sp³-hybridized carbons (Fsp3) is 0.444. The standard InChI is InChI=1S/C18H21N5O2S/c1-12-5-7-21(8-6-12)16(25)11-22-13(2)10-15(24)23-18(22)19-17(20-23)14-4-3-9-26-14/h3-4,9-10,12H,5-8,11H2,1-2H3. The second kappa shape index (κ2) is 6.68. The molecule has 4 rings (SSSR count). The normalized spacial score (nSPS) is 15.7. The molecule has 1 amide bonds. The Hall–Kier alpha value is -2.48. The Balaban J connectivity index is 1.70. The monoisotopic (exact) mass is 371 g/mol. The van der Waals surface area contributed by atoms with Crippen LogP contribution in [0.3, 0.4) is 0 Å². The smallest absolute Gasteiger partial charge is 0.275 e. The largest absolute Gasteiger partial charge is 0.341 e. The van der Waals surface area contributed by atoms with Crippen molar-refractivity contribution in [1.82, 2.24) is 24.1 Å². The first-order valence-electron chi connectivity index (χ1n) is 8.82. The van der Waals surface area contributed by atoms with Crippen molar-refractivity contribution in [3.63, 3.8) is 0 Å². The Bertz CT molecular complexity index is 997. The third-order valence-electron chi connectivity index (χ3n) is 4.97. The van der Waals surface area contributed by atoms with Crippen LogP contribution in [0.15, 0.2) is 28.4 Å². The van der Waals surface area contributed by atoms with E-state index in [2.05, 4.69) is 17.0 Å². The SMILES string of the molecule is Cc1cc(=O)n2nc(-c3cccs3)nc2n1CC(=O)N1CCC(C)CC1. The highest BCUT2D eigenvalue weighted by molar-refractivity contribution is 7.13. The van der Waals surface area contributed by atoms with Crippen LogP contribution in [0.4, 0.5) is 0 Å². The number of piperidine rings is 1. The van der Waals surface area contributed by atoms with E-state index in [4.69, 9.17) is 0 Å². The minimum Gasteiger partial charge on any atom is -0.341 e. The maximum absolute atomic E-state index is 12.8. The molecule has 0 aromatic carbocycles. The number of aromatic nitrogens is 4. The highest BCUT2D eigenvalue weighted by atomic mass is 32.1. The van der Waals surface area contributed by atoms with Crippen LogP contribution >= 0.6 is 11.3 Å². The molecule has 8 heteroatoms. The number of likely N-dealkylation sites (tertiary alicyclic amines) is 1. The molecule has 0 atom stereocenters. The van der Waals surface area contributed by atoms with Gasteiger partial charge in [-0.25, -0.2) is 0 Å². The zero-order valence-corrected chi connectivity index (χ0v) is 15.7. The van der Waals surface area contributed by atoms with Crippen molar-refractivity contribution in [3.8, 4) is 10.7 Å². The van der Waals surface area contributed by atoms with Crippen molar-refractivity contribution in [3.05, 3.63) is 39.6 Å². The third kappa shape index (κ3) is 3.05. The summed E-state index contributed by atoms with van der Waals surface area (Å²) in [6.07, 6.45) is 2.08. The van der Waals surface area contributed by atoms with Crippen LogP contribution in [-0.2, 0) is 11.3 Å². The number of hydrogen-bond acceptors (Lipinski definition) is 5. The van der Waals surface area contributed by atoms with E-state index in [1.165, 1.54) is 21.9 Å². The number of fused-ring (bicyclic) bond motifs is 1. The van der Waals surface area contributed by atoms with Crippen LogP contribution in [0.1, 0.15) is 25.5 Å². The van der Waals surface area contributed by atoms with Gasteiger partial charge in [-0.3, -0.25) is 9.59 Å². The molecule has 3 aromatic rings. The Labute approximate surface area is 154 Å². The first kappa shape index (κ1) is 17.0. The second-order valence-corrected chi connectivity index (χ2v) is 7.85. The molecular formula is C18H21N5O2S. The summed E-state index contributed by atoms with van der Waals surface area (Å²) in [4.78, 5) is 32.4. The van der Waals surface area contributed by atoms with E-state index in [1.54, 1.807) is 4.57 Å². The molecule has 1 aliphatic heterocycles. The number of nitrogens with zero attached hydrogens (tertiary/aromatic N) is 5. The predicted octanol–water partition coefficient (Wildman–Crippen LogP) is 2.19. The highest BCUT2D eigenvalue weighted by Crippen LogP contribution is 2.22.